The number of rotatable bonds is 4. The molecule has 1 saturated carbocycles. The van der Waals surface area contributed by atoms with Gasteiger partial charge in [0.15, 0.2) is 12.0 Å². The molecule has 0 radical (unpaired) electrons. The standard InChI is InChI=1S/C23H25N3O2/c1-22(2,3)16-6-8-17(9-7-16)23(4)12-18(23)21(27)26-25-13-15-5-10-19-20(11-15)28-14-24-19/h5-11,13-14,18H,12H2,1-4H3,(H,26,27)/b25-13+. The van der Waals surface area contributed by atoms with Crippen molar-refractivity contribution in [1.82, 2.24) is 10.4 Å². The summed E-state index contributed by atoms with van der Waals surface area (Å²) < 4.78 is 5.28. The molecular formula is C23H25N3O2. The van der Waals surface area contributed by atoms with E-state index in [-0.39, 0.29) is 22.7 Å². The monoisotopic (exact) mass is 375 g/mol. The van der Waals surface area contributed by atoms with E-state index in [1.54, 1.807) is 6.21 Å². The third kappa shape index (κ3) is 3.44. The molecule has 1 aliphatic rings. The molecule has 5 heteroatoms. The van der Waals surface area contributed by atoms with Crippen LogP contribution in [0.15, 0.2) is 58.4 Å². The number of nitrogens with zero attached hydrogens (tertiary/aromatic N) is 2. The molecule has 28 heavy (non-hydrogen) atoms. The zero-order valence-corrected chi connectivity index (χ0v) is 16.7. The lowest BCUT2D eigenvalue weighted by Gasteiger charge is -2.20. The van der Waals surface area contributed by atoms with Gasteiger partial charge in [-0.1, -0.05) is 58.0 Å². The third-order valence-electron chi connectivity index (χ3n) is 5.71. The quantitative estimate of drug-likeness (QED) is 0.537. The first kappa shape index (κ1) is 18.4. The van der Waals surface area contributed by atoms with Crippen LogP contribution >= 0.6 is 0 Å². The Balaban J connectivity index is 1.39. The van der Waals surface area contributed by atoms with Crippen molar-refractivity contribution >= 4 is 23.2 Å². The molecule has 1 aliphatic carbocycles. The highest BCUT2D eigenvalue weighted by atomic mass is 16.3. The van der Waals surface area contributed by atoms with E-state index in [2.05, 4.69) is 67.5 Å². The van der Waals surface area contributed by atoms with Gasteiger partial charge in [-0.2, -0.15) is 5.10 Å². The number of benzene rings is 2. The molecule has 1 amide bonds. The Hall–Kier alpha value is -2.95. The topological polar surface area (TPSA) is 67.5 Å². The second-order valence-electron chi connectivity index (χ2n) is 8.82. The zero-order valence-electron chi connectivity index (χ0n) is 16.7. The summed E-state index contributed by atoms with van der Waals surface area (Å²) in [7, 11) is 0. The van der Waals surface area contributed by atoms with Gasteiger partial charge in [0, 0.05) is 5.41 Å². The van der Waals surface area contributed by atoms with E-state index in [9.17, 15) is 4.79 Å². The van der Waals surface area contributed by atoms with E-state index in [1.165, 1.54) is 17.5 Å². The maximum atomic E-state index is 12.5. The van der Waals surface area contributed by atoms with Crippen LogP contribution in [-0.2, 0) is 15.6 Å². The van der Waals surface area contributed by atoms with E-state index in [0.717, 1.165) is 17.5 Å². The number of hydrogen-bond donors (Lipinski definition) is 1. The molecule has 0 bridgehead atoms. The first-order valence-corrected chi connectivity index (χ1v) is 9.54. The van der Waals surface area contributed by atoms with E-state index < -0.39 is 0 Å². The van der Waals surface area contributed by atoms with E-state index in [1.807, 2.05) is 18.2 Å². The molecule has 144 valence electrons. The number of carbonyl (C=O) groups excluding carboxylic acids is 1. The van der Waals surface area contributed by atoms with Gasteiger partial charge < -0.3 is 4.42 Å². The van der Waals surface area contributed by atoms with Crippen molar-refractivity contribution in [3.8, 4) is 0 Å². The summed E-state index contributed by atoms with van der Waals surface area (Å²) in [5, 5.41) is 4.11. The third-order valence-corrected chi connectivity index (χ3v) is 5.71. The van der Waals surface area contributed by atoms with Gasteiger partial charge in [0.1, 0.15) is 5.52 Å². The molecule has 1 N–H and O–H groups in total. The molecule has 4 rings (SSSR count). The van der Waals surface area contributed by atoms with Crippen molar-refractivity contribution < 1.29 is 9.21 Å². The average Bonchev–Trinajstić information content (AvgIpc) is 3.15. The normalized spacial score (nSPS) is 21.9. The lowest BCUT2D eigenvalue weighted by Crippen LogP contribution is -2.23. The maximum absolute atomic E-state index is 12.5. The van der Waals surface area contributed by atoms with Gasteiger partial charge in [-0.3, -0.25) is 4.79 Å². The van der Waals surface area contributed by atoms with Gasteiger partial charge in [0.05, 0.1) is 12.1 Å². The number of carbonyl (C=O) groups is 1. The smallest absolute Gasteiger partial charge is 0.244 e. The van der Waals surface area contributed by atoms with E-state index >= 15 is 0 Å². The van der Waals surface area contributed by atoms with Gasteiger partial charge >= 0.3 is 0 Å². The van der Waals surface area contributed by atoms with Crippen LogP contribution < -0.4 is 5.43 Å². The van der Waals surface area contributed by atoms with E-state index in [4.69, 9.17) is 4.42 Å². The Morgan fingerprint density at radius 1 is 1.25 bits per heavy atom. The number of fused-ring (bicyclic) bond motifs is 1. The number of aromatic nitrogens is 1. The van der Waals surface area contributed by atoms with Crippen LogP contribution in [0.3, 0.4) is 0 Å². The summed E-state index contributed by atoms with van der Waals surface area (Å²) in [5.74, 6) is -0.0960. The number of amides is 1. The molecule has 3 aromatic rings. The molecule has 2 aromatic carbocycles. The fraction of sp³-hybridized carbons (Fsp3) is 0.348. The summed E-state index contributed by atoms with van der Waals surface area (Å²) in [4.78, 5) is 16.6. The Bertz CT molecular complexity index is 1040. The SMILES string of the molecule is CC(C)(C)c1ccc(C2(C)CC2C(=O)N/N=C/c2ccc3ncoc3c2)cc1. The molecular weight excluding hydrogens is 350 g/mol. The molecule has 2 unspecified atom stereocenters. The van der Waals surface area contributed by atoms with Gasteiger partial charge in [0.2, 0.25) is 5.91 Å². The van der Waals surface area contributed by atoms with Crippen molar-refractivity contribution in [3.63, 3.8) is 0 Å². The number of hydrogen-bond acceptors (Lipinski definition) is 4. The second kappa shape index (κ2) is 6.59. The van der Waals surface area contributed by atoms with Crippen LogP contribution in [0.5, 0.6) is 0 Å². The van der Waals surface area contributed by atoms with Gasteiger partial charge in [0.25, 0.3) is 0 Å². The molecule has 0 spiro atoms. The van der Waals surface area contributed by atoms with Crippen molar-refractivity contribution in [1.29, 1.82) is 0 Å². The Morgan fingerprint density at radius 2 is 2.00 bits per heavy atom. The van der Waals surface area contributed by atoms with E-state index in [0.29, 0.717) is 5.58 Å². The lowest BCUT2D eigenvalue weighted by atomic mass is 9.85. The average molecular weight is 375 g/mol. The largest absolute Gasteiger partial charge is 0.443 e. The van der Waals surface area contributed by atoms with Gasteiger partial charge in [-0.05, 0) is 40.7 Å². The number of nitrogens with one attached hydrogen (secondary N) is 1. The van der Waals surface area contributed by atoms with Gasteiger partial charge in [-0.15, -0.1) is 0 Å². The number of hydrazone groups is 1. The van der Waals surface area contributed by atoms with Crippen LogP contribution in [0, 0.1) is 5.92 Å². The summed E-state index contributed by atoms with van der Waals surface area (Å²) in [6.45, 7) is 8.75. The van der Waals surface area contributed by atoms with Crippen LogP contribution in [0.25, 0.3) is 11.1 Å². The summed E-state index contributed by atoms with van der Waals surface area (Å²) in [6.07, 6.45) is 3.88. The minimum atomic E-state index is -0.116. The van der Waals surface area contributed by atoms with Crippen molar-refractivity contribution in [3.05, 3.63) is 65.5 Å². The lowest BCUT2D eigenvalue weighted by molar-refractivity contribution is -0.122. The Kier molecular flexibility index (Phi) is 4.33. The minimum absolute atomic E-state index is 0.0422. The Morgan fingerprint density at radius 3 is 2.71 bits per heavy atom. The predicted octanol–water partition coefficient (Wildman–Crippen LogP) is 4.55. The molecule has 0 aliphatic heterocycles. The fourth-order valence-corrected chi connectivity index (χ4v) is 3.62. The van der Waals surface area contributed by atoms with Crippen LogP contribution in [0.4, 0.5) is 0 Å². The summed E-state index contributed by atoms with van der Waals surface area (Å²) in [6, 6.07) is 14.3. The molecule has 5 nitrogen and oxygen atoms in total. The minimum Gasteiger partial charge on any atom is -0.443 e. The molecule has 2 atom stereocenters. The molecule has 1 fully saturated rings. The van der Waals surface area contributed by atoms with Crippen LogP contribution in [0.2, 0.25) is 0 Å². The van der Waals surface area contributed by atoms with Crippen molar-refractivity contribution in [2.24, 2.45) is 11.0 Å². The zero-order chi connectivity index (χ0) is 19.9. The number of oxazole rings is 1. The highest BCUT2D eigenvalue weighted by Crippen LogP contribution is 2.54. The summed E-state index contributed by atoms with van der Waals surface area (Å²) >= 11 is 0. The van der Waals surface area contributed by atoms with Crippen molar-refractivity contribution in [2.75, 3.05) is 0 Å². The highest BCUT2D eigenvalue weighted by Gasteiger charge is 2.55. The first-order chi connectivity index (χ1) is 13.3. The van der Waals surface area contributed by atoms with Crippen LogP contribution in [-0.4, -0.2) is 17.1 Å². The fourth-order valence-electron chi connectivity index (χ4n) is 3.62. The molecule has 1 aromatic heterocycles. The Labute approximate surface area is 164 Å². The first-order valence-electron chi connectivity index (χ1n) is 9.54. The predicted molar refractivity (Wildman–Crippen MR) is 110 cm³/mol. The summed E-state index contributed by atoms with van der Waals surface area (Å²) in [5.41, 5.74) is 7.55. The second-order valence-corrected chi connectivity index (χ2v) is 8.82. The maximum Gasteiger partial charge on any atom is 0.244 e. The van der Waals surface area contributed by atoms with Crippen molar-refractivity contribution in [2.45, 2.75) is 44.9 Å². The molecule has 1 heterocycles. The molecule has 0 saturated heterocycles. The highest BCUT2D eigenvalue weighted by molar-refractivity contribution is 5.88. The van der Waals surface area contributed by atoms with Gasteiger partial charge in [-0.25, -0.2) is 10.4 Å². The van der Waals surface area contributed by atoms with Crippen LogP contribution in [0.1, 0.15) is 50.8 Å².